The number of aryl methyl sites for hydroxylation is 1. The van der Waals surface area contributed by atoms with Crippen molar-refractivity contribution < 1.29 is 22.0 Å². The monoisotopic (exact) mass is 491 g/mol. The normalized spacial score (nSPS) is 15.1. The smallest absolute Gasteiger partial charge is 0.243 e. The highest BCUT2D eigenvalue weighted by Crippen LogP contribution is 2.25. The van der Waals surface area contributed by atoms with E-state index in [1.807, 2.05) is 17.5 Å². The van der Waals surface area contributed by atoms with Crippen LogP contribution in [0.15, 0.2) is 52.7 Å². The molecular weight excluding hydrogens is 468 g/mol. The Morgan fingerprint density at radius 1 is 1.03 bits per heavy atom. The molecule has 3 aromatic rings. The number of amides is 1. The first kappa shape index (κ1) is 23.5. The molecule has 1 aromatic heterocycles. The number of nitrogens with zero attached hydrogens (tertiary/aromatic N) is 3. The Hall–Kier alpha value is -2.69. The van der Waals surface area contributed by atoms with Gasteiger partial charge >= 0.3 is 0 Å². The van der Waals surface area contributed by atoms with Crippen molar-refractivity contribution in [1.82, 2.24) is 14.2 Å². The van der Waals surface area contributed by atoms with E-state index in [0.29, 0.717) is 11.8 Å². The Morgan fingerprint density at radius 2 is 1.73 bits per heavy atom. The van der Waals surface area contributed by atoms with Crippen LogP contribution in [0.25, 0.3) is 10.6 Å². The summed E-state index contributed by atoms with van der Waals surface area (Å²) in [6.07, 6.45) is 1.10. The van der Waals surface area contributed by atoms with Crippen LogP contribution in [0, 0.1) is 11.6 Å². The summed E-state index contributed by atoms with van der Waals surface area (Å²) < 4.78 is 53.3. The number of halogens is 2. The van der Waals surface area contributed by atoms with Gasteiger partial charge in [0, 0.05) is 37.1 Å². The van der Waals surface area contributed by atoms with Gasteiger partial charge in [0.15, 0.2) is 11.6 Å². The molecule has 1 aliphatic rings. The highest BCUT2D eigenvalue weighted by molar-refractivity contribution is 7.89. The summed E-state index contributed by atoms with van der Waals surface area (Å²) in [4.78, 5) is 18.6. The van der Waals surface area contributed by atoms with Gasteiger partial charge in [-0.25, -0.2) is 22.2 Å². The van der Waals surface area contributed by atoms with Crippen molar-refractivity contribution in [3.63, 3.8) is 0 Å². The molecule has 1 fully saturated rings. The Balaban J connectivity index is 1.36. The predicted molar refractivity (Wildman–Crippen MR) is 122 cm³/mol. The summed E-state index contributed by atoms with van der Waals surface area (Å²) in [5.41, 5.74) is 2.93. The summed E-state index contributed by atoms with van der Waals surface area (Å²) in [5.74, 6) is -2.44. The number of piperazine rings is 1. The number of thiazole rings is 1. The maximum atomic E-state index is 13.5. The third-order valence-corrected chi connectivity index (χ3v) is 8.45. The van der Waals surface area contributed by atoms with Gasteiger partial charge in [0.05, 0.1) is 17.0 Å². The van der Waals surface area contributed by atoms with Gasteiger partial charge in [0.1, 0.15) is 5.01 Å². The van der Waals surface area contributed by atoms with Gasteiger partial charge in [0.2, 0.25) is 15.9 Å². The molecular formula is C23H23F2N3O3S2. The minimum Gasteiger partial charge on any atom is -0.340 e. The lowest BCUT2D eigenvalue weighted by molar-refractivity contribution is -0.131. The van der Waals surface area contributed by atoms with Gasteiger partial charge in [-0.1, -0.05) is 31.2 Å². The number of carbonyl (C=O) groups excluding carboxylic acids is 1. The Morgan fingerprint density at radius 3 is 2.36 bits per heavy atom. The number of hydrogen-bond acceptors (Lipinski definition) is 5. The van der Waals surface area contributed by atoms with E-state index < -0.39 is 21.7 Å². The molecule has 0 aliphatic carbocycles. The third kappa shape index (κ3) is 5.13. The van der Waals surface area contributed by atoms with Crippen LogP contribution in [-0.4, -0.2) is 54.7 Å². The van der Waals surface area contributed by atoms with Crippen molar-refractivity contribution >= 4 is 27.3 Å². The molecule has 0 spiro atoms. The molecule has 1 saturated heterocycles. The van der Waals surface area contributed by atoms with E-state index in [4.69, 9.17) is 0 Å². The summed E-state index contributed by atoms with van der Waals surface area (Å²) in [6.45, 7) is 2.70. The Bertz CT molecular complexity index is 1250. The van der Waals surface area contributed by atoms with Gasteiger partial charge in [-0.15, -0.1) is 11.3 Å². The van der Waals surface area contributed by atoms with E-state index >= 15 is 0 Å². The summed E-state index contributed by atoms with van der Waals surface area (Å²) in [6, 6.07) is 10.7. The first-order valence-electron chi connectivity index (χ1n) is 10.5. The number of hydrogen-bond donors (Lipinski definition) is 0. The SMILES string of the molecule is CCc1ccc(-c2nc(CC(=O)N3CCN(S(=O)(=O)c4ccc(F)c(F)c4)CC3)cs2)cc1. The van der Waals surface area contributed by atoms with E-state index in [1.165, 1.54) is 21.2 Å². The molecule has 0 bridgehead atoms. The topological polar surface area (TPSA) is 70.6 Å². The molecule has 2 aromatic carbocycles. The molecule has 0 atom stereocenters. The average molecular weight is 492 g/mol. The number of carbonyl (C=O) groups is 1. The van der Waals surface area contributed by atoms with Crippen LogP contribution < -0.4 is 0 Å². The molecule has 174 valence electrons. The molecule has 10 heteroatoms. The van der Waals surface area contributed by atoms with Crippen molar-refractivity contribution in [1.29, 1.82) is 0 Å². The quantitative estimate of drug-likeness (QED) is 0.527. The van der Waals surface area contributed by atoms with E-state index in [0.717, 1.165) is 29.1 Å². The van der Waals surface area contributed by atoms with Crippen LogP contribution in [0.2, 0.25) is 0 Å². The summed E-state index contributed by atoms with van der Waals surface area (Å²) >= 11 is 1.48. The van der Waals surface area contributed by atoms with Crippen LogP contribution in [-0.2, 0) is 27.7 Å². The molecule has 2 heterocycles. The number of benzene rings is 2. The fourth-order valence-electron chi connectivity index (χ4n) is 3.63. The van der Waals surface area contributed by atoms with Gasteiger partial charge in [-0.05, 0) is 30.2 Å². The zero-order chi connectivity index (χ0) is 23.6. The fraction of sp³-hybridized carbons (Fsp3) is 0.304. The second-order valence-corrected chi connectivity index (χ2v) is 10.5. The zero-order valence-corrected chi connectivity index (χ0v) is 19.6. The number of rotatable bonds is 6. The average Bonchev–Trinajstić information content (AvgIpc) is 3.29. The zero-order valence-electron chi connectivity index (χ0n) is 18.0. The Kier molecular flexibility index (Phi) is 6.87. The molecule has 0 saturated carbocycles. The van der Waals surface area contributed by atoms with Crippen molar-refractivity contribution in [3.8, 4) is 10.6 Å². The maximum absolute atomic E-state index is 13.5. The maximum Gasteiger partial charge on any atom is 0.243 e. The first-order valence-corrected chi connectivity index (χ1v) is 12.9. The van der Waals surface area contributed by atoms with Crippen molar-refractivity contribution in [2.45, 2.75) is 24.7 Å². The molecule has 33 heavy (non-hydrogen) atoms. The van der Waals surface area contributed by atoms with Gasteiger partial charge in [-0.2, -0.15) is 4.31 Å². The van der Waals surface area contributed by atoms with E-state index in [-0.39, 0.29) is 43.4 Å². The standard InChI is InChI=1S/C23H23F2N3O3S2/c1-2-16-3-5-17(6-4-16)23-26-18(15-32-23)13-22(29)27-9-11-28(12-10-27)33(30,31)19-7-8-20(24)21(25)14-19/h3-8,14-15H,2,9-13H2,1H3. The second-order valence-electron chi connectivity index (χ2n) is 7.73. The summed E-state index contributed by atoms with van der Waals surface area (Å²) in [5, 5.41) is 2.72. The first-order chi connectivity index (χ1) is 15.8. The molecule has 0 N–H and O–H groups in total. The highest BCUT2D eigenvalue weighted by Gasteiger charge is 2.30. The minimum atomic E-state index is -3.96. The van der Waals surface area contributed by atoms with E-state index in [9.17, 15) is 22.0 Å². The molecule has 0 unspecified atom stereocenters. The van der Waals surface area contributed by atoms with Gasteiger partial charge < -0.3 is 4.90 Å². The van der Waals surface area contributed by atoms with Crippen molar-refractivity contribution in [3.05, 3.63) is 70.7 Å². The fourth-order valence-corrected chi connectivity index (χ4v) is 5.90. The van der Waals surface area contributed by atoms with Gasteiger partial charge in [-0.3, -0.25) is 4.79 Å². The lowest BCUT2D eigenvalue weighted by atomic mass is 10.1. The summed E-state index contributed by atoms with van der Waals surface area (Å²) in [7, 11) is -3.96. The lowest BCUT2D eigenvalue weighted by Gasteiger charge is -2.34. The largest absolute Gasteiger partial charge is 0.340 e. The van der Waals surface area contributed by atoms with Crippen LogP contribution in [0.4, 0.5) is 8.78 Å². The second kappa shape index (κ2) is 9.66. The molecule has 1 amide bonds. The minimum absolute atomic E-state index is 0.0825. The highest BCUT2D eigenvalue weighted by atomic mass is 32.2. The molecule has 4 rings (SSSR count). The predicted octanol–water partition coefficient (Wildman–Crippen LogP) is 3.73. The van der Waals surface area contributed by atoms with E-state index in [1.54, 1.807) is 4.90 Å². The molecule has 6 nitrogen and oxygen atoms in total. The number of aromatic nitrogens is 1. The van der Waals surface area contributed by atoms with Crippen molar-refractivity contribution in [2.75, 3.05) is 26.2 Å². The lowest BCUT2D eigenvalue weighted by Crippen LogP contribution is -2.50. The van der Waals surface area contributed by atoms with Crippen molar-refractivity contribution in [2.24, 2.45) is 0 Å². The molecule has 0 radical (unpaired) electrons. The van der Waals surface area contributed by atoms with Crippen LogP contribution in [0.5, 0.6) is 0 Å². The van der Waals surface area contributed by atoms with Crippen LogP contribution >= 0.6 is 11.3 Å². The third-order valence-electron chi connectivity index (χ3n) is 5.61. The number of sulfonamides is 1. The van der Waals surface area contributed by atoms with Crippen LogP contribution in [0.1, 0.15) is 18.2 Å². The Labute approximate surface area is 195 Å². The van der Waals surface area contributed by atoms with Gasteiger partial charge in [0.25, 0.3) is 0 Å². The molecule has 1 aliphatic heterocycles. The van der Waals surface area contributed by atoms with Crippen LogP contribution in [0.3, 0.4) is 0 Å². The van der Waals surface area contributed by atoms with E-state index in [2.05, 4.69) is 24.0 Å².